The first-order valence-corrected chi connectivity index (χ1v) is 5.01. The molecule has 1 heterocycles. The first-order chi connectivity index (χ1) is 6.86. The van der Waals surface area contributed by atoms with Gasteiger partial charge in [-0.1, -0.05) is 5.10 Å². The number of hydrogen-bond acceptors (Lipinski definition) is 5. The number of nitrogens with zero attached hydrogens (tertiary/aromatic N) is 2. The molecule has 0 saturated heterocycles. The van der Waals surface area contributed by atoms with Gasteiger partial charge in [-0.05, 0) is 12.8 Å². The fourth-order valence-electron chi connectivity index (χ4n) is 0.946. The van der Waals surface area contributed by atoms with E-state index >= 15 is 0 Å². The average Bonchev–Trinajstić information content (AvgIpc) is 2.65. The van der Waals surface area contributed by atoms with Gasteiger partial charge in [0.05, 0.1) is 0 Å². The lowest BCUT2D eigenvalue weighted by molar-refractivity contribution is 0.193. The second-order valence-electron chi connectivity index (χ2n) is 2.76. The molecule has 0 aliphatic heterocycles. The van der Waals surface area contributed by atoms with E-state index in [2.05, 4.69) is 15.5 Å². The Kier molecular flexibility index (Phi) is 5.32. The molecule has 0 unspecified atom stereocenters. The summed E-state index contributed by atoms with van der Waals surface area (Å²) < 4.78 is 10.1. The Morgan fingerprint density at radius 1 is 1.43 bits per heavy atom. The topological polar surface area (TPSA) is 60.2 Å². The quantitative estimate of drug-likeness (QED) is 0.558. The zero-order chi connectivity index (χ0) is 10.2. The zero-order valence-corrected chi connectivity index (χ0v) is 8.88. The number of rotatable bonds is 7. The largest absolute Gasteiger partial charge is 0.407 e. The van der Waals surface area contributed by atoms with E-state index in [4.69, 9.17) is 20.8 Å². The average molecular weight is 220 g/mol. The summed E-state index contributed by atoms with van der Waals surface area (Å²) in [6.45, 7) is 1.58. The Bertz CT molecular complexity index is 254. The number of halogens is 1. The summed E-state index contributed by atoms with van der Waals surface area (Å²) in [7, 11) is 1.69. The summed E-state index contributed by atoms with van der Waals surface area (Å²) in [6.07, 6.45) is 2.02. The third-order valence-corrected chi connectivity index (χ3v) is 1.86. The fourth-order valence-corrected chi connectivity index (χ4v) is 1.05. The molecule has 0 atom stereocenters. The molecule has 0 saturated carbocycles. The van der Waals surface area contributed by atoms with Crippen LogP contribution in [0.25, 0.3) is 0 Å². The molecule has 0 amide bonds. The van der Waals surface area contributed by atoms with E-state index in [1.807, 2.05) is 0 Å². The summed E-state index contributed by atoms with van der Waals surface area (Å²) in [5, 5.41) is 10.5. The molecule has 80 valence electrons. The van der Waals surface area contributed by atoms with E-state index in [0.29, 0.717) is 11.9 Å². The molecule has 1 aromatic rings. The molecule has 14 heavy (non-hydrogen) atoms. The summed E-state index contributed by atoms with van der Waals surface area (Å²) in [4.78, 5) is 0. The first kappa shape index (κ1) is 11.3. The number of methoxy groups -OCH3 is 1. The van der Waals surface area contributed by atoms with Gasteiger partial charge in [-0.15, -0.1) is 16.7 Å². The van der Waals surface area contributed by atoms with Crippen LogP contribution in [0.3, 0.4) is 0 Å². The predicted molar refractivity (Wildman–Crippen MR) is 53.5 cm³/mol. The van der Waals surface area contributed by atoms with Crippen molar-refractivity contribution in [1.29, 1.82) is 0 Å². The van der Waals surface area contributed by atoms with Crippen LogP contribution in [0.5, 0.6) is 0 Å². The van der Waals surface area contributed by atoms with Gasteiger partial charge in [-0.25, -0.2) is 0 Å². The second kappa shape index (κ2) is 6.62. The van der Waals surface area contributed by atoms with Crippen molar-refractivity contribution >= 4 is 17.6 Å². The molecular formula is C8H14ClN3O2. The van der Waals surface area contributed by atoms with Crippen LogP contribution in [0.2, 0.25) is 0 Å². The second-order valence-corrected chi connectivity index (χ2v) is 3.03. The standard InChI is InChI=1S/C8H14ClN3O2/c1-13-5-3-2-4-10-8-12-11-7(6-9)14-8/h2-6H2,1H3,(H,10,12). The number of nitrogens with one attached hydrogen (secondary N) is 1. The smallest absolute Gasteiger partial charge is 0.315 e. The molecule has 0 radical (unpaired) electrons. The third kappa shape index (κ3) is 3.93. The lowest BCUT2D eigenvalue weighted by atomic mass is 10.3. The van der Waals surface area contributed by atoms with Crippen LogP contribution >= 0.6 is 11.6 Å². The summed E-state index contributed by atoms with van der Waals surface area (Å²) in [5.74, 6) is 0.685. The van der Waals surface area contributed by atoms with Crippen LogP contribution in [0.15, 0.2) is 4.42 Å². The van der Waals surface area contributed by atoms with E-state index in [1.54, 1.807) is 7.11 Å². The monoisotopic (exact) mass is 219 g/mol. The number of hydrogen-bond donors (Lipinski definition) is 1. The van der Waals surface area contributed by atoms with Crippen molar-refractivity contribution in [1.82, 2.24) is 10.2 Å². The van der Waals surface area contributed by atoms with Crippen molar-refractivity contribution in [3.05, 3.63) is 5.89 Å². The summed E-state index contributed by atoms with van der Waals surface area (Å²) in [5.41, 5.74) is 0. The van der Waals surface area contributed by atoms with Gasteiger partial charge in [0.2, 0.25) is 5.89 Å². The number of aromatic nitrogens is 2. The fraction of sp³-hybridized carbons (Fsp3) is 0.750. The van der Waals surface area contributed by atoms with Crippen LogP contribution in [0, 0.1) is 0 Å². The van der Waals surface area contributed by atoms with Gasteiger partial charge in [0, 0.05) is 20.3 Å². The molecule has 6 heteroatoms. The SMILES string of the molecule is COCCCCNc1nnc(CCl)o1. The van der Waals surface area contributed by atoms with Gasteiger partial charge in [0.1, 0.15) is 5.88 Å². The highest BCUT2D eigenvalue weighted by atomic mass is 35.5. The number of unbranched alkanes of at least 4 members (excludes halogenated alkanes) is 1. The van der Waals surface area contributed by atoms with Crippen molar-refractivity contribution in [2.75, 3.05) is 25.6 Å². The molecule has 0 aliphatic rings. The van der Waals surface area contributed by atoms with Gasteiger partial charge in [0.25, 0.3) is 0 Å². The van der Waals surface area contributed by atoms with Crippen molar-refractivity contribution in [3.8, 4) is 0 Å². The summed E-state index contributed by atoms with van der Waals surface area (Å²) >= 11 is 5.50. The highest BCUT2D eigenvalue weighted by Crippen LogP contribution is 2.07. The van der Waals surface area contributed by atoms with Gasteiger partial charge >= 0.3 is 6.01 Å². The summed E-state index contributed by atoms with van der Waals surface area (Å²) in [6, 6.07) is 0.429. The molecule has 1 rings (SSSR count). The minimum absolute atomic E-state index is 0.248. The Labute approximate surface area is 87.8 Å². The minimum Gasteiger partial charge on any atom is -0.407 e. The molecular weight excluding hydrogens is 206 g/mol. The van der Waals surface area contributed by atoms with E-state index in [0.717, 1.165) is 26.0 Å². The first-order valence-electron chi connectivity index (χ1n) is 4.48. The maximum Gasteiger partial charge on any atom is 0.315 e. The maximum absolute atomic E-state index is 5.50. The minimum atomic E-state index is 0.248. The molecule has 0 spiro atoms. The lowest BCUT2D eigenvalue weighted by Crippen LogP contribution is -2.03. The molecule has 0 fully saturated rings. The van der Waals surface area contributed by atoms with Gasteiger partial charge in [0.15, 0.2) is 0 Å². The van der Waals surface area contributed by atoms with Gasteiger partial charge in [-0.2, -0.15) is 0 Å². The van der Waals surface area contributed by atoms with E-state index < -0.39 is 0 Å². The number of ether oxygens (including phenoxy) is 1. The van der Waals surface area contributed by atoms with Crippen LogP contribution in [-0.2, 0) is 10.6 Å². The normalized spacial score (nSPS) is 10.4. The van der Waals surface area contributed by atoms with Crippen molar-refractivity contribution in [2.45, 2.75) is 18.7 Å². The predicted octanol–water partition coefficient (Wildman–Crippen LogP) is 1.65. The molecule has 5 nitrogen and oxygen atoms in total. The van der Waals surface area contributed by atoms with E-state index in [-0.39, 0.29) is 5.88 Å². The number of anilines is 1. The third-order valence-electron chi connectivity index (χ3n) is 1.63. The molecule has 0 aliphatic carbocycles. The highest BCUT2D eigenvalue weighted by molar-refractivity contribution is 6.16. The molecule has 0 bridgehead atoms. The Morgan fingerprint density at radius 2 is 2.29 bits per heavy atom. The van der Waals surface area contributed by atoms with Crippen molar-refractivity contribution in [3.63, 3.8) is 0 Å². The van der Waals surface area contributed by atoms with Gasteiger partial charge < -0.3 is 14.5 Å². The Morgan fingerprint density at radius 3 is 2.93 bits per heavy atom. The number of alkyl halides is 1. The van der Waals surface area contributed by atoms with Gasteiger partial charge in [-0.3, -0.25) is 0 Å². The lowest BCUT2D eigenvalue weighted by Gasteiger charge is -2.00. The van der Waals surface area contributed by atoms with Crippen LogP contribution in [-0.4, -0.2) is 30.5 Å². The van der Waals surface area contributed by atoms with Crippen molar-refractivity contribution < 1.29 is 9.15 Å². The maximum atomic E-state index is 5.50. The van der Waals surface area contributed by atoms with Crippen LogP contribution in [0.1, 0.15) is 18.7 Å². The van der Waals surface area contributed by atoms with Crippen LogP contribution < -0.4 is 5.32 Å². The van der Waals surface area contributed by atoms with E-state index in [1.165, 1.54) is 0 Å². The molecule has 1 N–H and O–H groups in total. The van der Waals surface area contributed by atoms with E-state index in [9.17, 15) is 0 Å². The van der Waals surface area contributed by atoms with Crippen molar-refractivity contribution in [2.24, 2.45) is 0 Å². The Balaban J connectivity index is 2.12. The zero-order valence-electron chi connectivity index (χ0n) is 8.12. The Hall–Kier alpha value is -0.810. The highest BCUT2D eigenvalue weighted by Gasteiger charge is 2.02. The molecule has 0 aromatic carbocycles. The van der Waals surface area contributed by atoms with Crippen LogP contribution in [0.4, 0.5) is 6.01 Å². The molecule has 1 aromatic heterocycles.